The first-order valence-corrected chi connectivity index (χ1v) is 6.44. The number of hydrogen-bond donors (Lipinski definition) is 0. The van der Waals surface area contributed by atoms with Crippen molar-refractivity contribution in [3.63, 3.8) is 0 Å². The molecule has 0 aliphatic heterocycles. The van der Waals surface area contributed by atoms with Gasteiger partial charge in [0.25, 0.3) is 11.6 Å². The summed E-state index contributed by atoms with van der Waals surface area (Å²) in [4.78, 5) is 35.0. The second-order valence-corrected chi connectivity index (χ2v) is 4.68. The standard InChI is InChI=1S/C14H18N2O5/c1-10-6-7-12(16(19)20)11(9-10)14(18)15(2)8-4-5-13(17)21-3/h6-7,9H,4-5,8H2,1-3H3. The number of esters is 1. The number of carbonyl (C=O) groups excluding carboxylic acids is 2. The maximum absolute atomic E-state index is 12.3. The highest BCUT2D eigenvalue weighted by Crippen LogP contribution is 2.21. The SMILES string of the molecule is COC(=O)CCCN(C)C(=O)c1cc(C)ccc1[N+](=O)[O-]. The number of amides is 1. The third kappa shape index (κ3) is 4.55. The predicted octanol–water partition coefficient (Wildman–Crippen LogP) is 1.93. The van der Waals surface area contributed by atoms with Gasteiger partial charge in [-0.25, -0.2) is 0 Å². The number of nitrogens with zero attached hydrogens (tertiary/aromatic N) is 2. The number of methoxy groups -OCH3 is 1. The van der Waals surface area contributed by atoms with Crippen LogP contribution in [0.15, 0.2) is 18.2 Å². The van der Waals surface area contributed by atoms with Crippen molar-refractivity contribution in [2.45, 2.75) is 19.8 Å². The third-order valence-corrected chi connectivity index (χ3v) is 3.03. The number of carbonyl (C=O) groups is 2. The van der Waals surface area contributed by atoms with E-state index >= 15 is 0 Å². The van der Waals surface area contributed by atoms with E-state index in [1.165, 1.54) is 24.1 Å². The summed E-state index contributed by atoms with van der Waals surface area (Å²) < 4.78 is 4.51. The van der Waals surface area contributed by atoms with E-state index in [1.54, 1.807) is 20.0 Å². The average molecular weight is 294 g/mol. The van der Waals surface area contributed by atoms with E-state index < -0.39 is 10.8 Å². The molecule has 21 heavy (non-hydrogen) atoms. The minimum absolute atomic E-state index is 0.0561. The van der Waals surface area contributed by atoms with Crippen molar-refractivity contribution < 1.29 is 19.2 Å². The Morgan fingerprint density at radius 1 is 1.38 bits per heavy atom. The zero-order chi connectivity index (χ0) is 16.0. The zero-order valence-corrected chi connectivity index (χ0v) is 12.3. The van der Waals surface area contributed by atoms with Crippen LogP contribution in [0.2, 0.25) is 0 Å². The summed E-state index contributed by atoms with van der Waals surface area (Å²) in [7, 11) is 2.85. The van der Waals surface area contributed by atoms with Crippen LogP contribution in [0.5, 0.6) is 0 Å². The quantitative estimate of drug-likeness (QED) is 0.454. The number of aryl methyl sites for hydroxylation is 1. The maximum Gasteiger partial charge on any atom is 0.305 e. The van der Waals surface area contributed by atoms with Crippen LogP contribution in [0.25, 0.3) is 0 Å². The van der Waals surface area contributed by atoms with E-state index in [4.69, 9.17) is 0 Å². The molecule has 1 amide bonds. The molecule has 0 radical (unpaired) electrons. The smallest absolute Gasteiger partial charge is 0.305 e. The summed E-state index contributed by atoms with van der Waals surface area (Å²) in [5, 5.41) is 11.0. The molecule has 0 aliphatic carbocycles. The van der Waals surface area contributed by atoms with Gasteiger partial charge >= 0.3 is 5.97 Å². The maximum atomic E-state index is 12.3. The Balaban J connectivity index is 2.80. The normalized spacial score (nSPS) is 10.0. The van der Waals surface area contributed by atoms with Gasteiger partial charge in [-0.2, -0.15) is 0 Å². The van der Waals surface area contributed by atoms with Gasteiger partial charge in [0.05, 0.1) is 12.0 Å². The molecule has 0 fully saturated rings. The third-order valence-electron chi connectivity index (χ3n) is 3.03. The molecule has 7 nitrogen and oxygen atoms in total. The van der Waals surface area contributed by atoms with Gasteiger partial charge in [-0.05, 0) is 25.0 Å². The van der Waals surface area contributed by atoms with Crippen molar-refractivity contribution in [1.82, 2.24) is 4.90 Å². The van der Waals surface area contributed by atoms with Crippen molar-refractivity contribution >= 4 is 17.6 Å². The van der Waals surface area contributed by atoms with Crippen LogP contribution < -0.4 is 0 Å². The molecule has 7 heteroatoms. The first-order chi connectivity index (χ1) is 9.86. The lowest BCUT2D eigenvalue weighted by molar-refractivity contribution is -0.385. The summed E-state index contributed by atoms with van der Waals surface area (Å²) in [5.41, 5.74) is 0.609. The fourth-order valence-electron chi connectivity index (χ4n) is 1.85. The zero-order valence-electron chi connectivity index (χ0n) is 12.3. The molecule has 1 aromatic rings. The van der Waals surface area contributed by atoms with Crippen LogP contribution in [0, 0.1) is 17.0 Å². The van der Waals surface area contributed by atoms with E-state index in [1.807, 2.05) is 0 Å². The van der Waals surface area contributed by atoms with Gasteiger partial charge in [0.2, 0.25) is 0 Å². The van der Waals surface area contributed by atoms with Crippen molar-refractivity contribution in [3.8, 4) is 0 Å². The molecule has 0 bridgehead atoms. The largest absolute Gasteiger partial charge is 0.469 e. The lowest BCUT2D eigenvalue weighted by Gasteiger charge is -2.17. The second-order valence-electron chi connectivity index (χ2n) is 4.68. The molecular weight excluding hydrogens is 276 g/mol. The van der Waals surface area contributed by atoms with Gasteiger partial charge in [0.15, 0.2) is 0 Å². The van der Waals surface area contributed by atoms with Crippen LogP contribution in [0.4, 0.5) is 5.69 Å². The summed E-state index contributed by atoms with van der Waals surface area (Å²) >= 11 is 0. The molecule has 0 spiro atoms. The Hall–Kier alpha value is -2.44. The van der Waals surface area contributed by atoms with Crippen molar-refractivity contribution in [2.75, 3.05) is 20.7 Å². The topological polar surface area (TPSA) is 89.8 Å². The van der Waals surface area contributed by atoms with E-state index in [2.05, 4.69) is 4.74 Å². The molecule has 1 aromatic carbocycles. The first kappa shape index (κ1) is 16.6. The van der Waals surface area contributed by atoms with Gasteiger partial charge in [-0.3, -0.25) is 19.7 Å². The second kappa shape index (κ2) is 7.37. The number of ether oxygens (including phenoxy) is 1. The monoisotopic (exact) mass is 294 g/mol. The Morgan fingerprint density at radius 3 is 2.62 bits per heavy atom. The highest BCUT2D eigenvalue weighted by Gasteiger charge is 2.22. The molecule has 0 aromatic heterocycles. The Labute approximate surface area is 122 Å². The average Bonchev–Trinajstić information content (AvgIpc) is 2.45. The molecule has 0 atom stereocenters. The highest BCUT2D eigenvalue weighted by molar-refractivity contribution is 5.98. The number of benzene rings is 1. The number of nitro benzene ring substituents is 1. The van der Waals surface area contributed by atoms with E-state index in [0.717, 1.165) is 5.56 Å². The Kier molecular flexibility index (Phi) is 5.83. The molecule has 0 unspecified atom stereocenters. The molecule has 1 rings (SSSR count). The van der Waals surface area contributed by atoms with Gasteiger partial charge in [-0.15, -0.1) is 0 Å². The van der Waals surface area contributed by atoms with Crippen LogP contribution >= 0.6 is 0 Å². The van der Waals surface area contributed by atoms with Crippen molar-refractivity contribution in [2.24, 2.45) is 0 Å². The van der Waals surface area contributed by atoms with Gasteiger partial charge in [0, 0.05) is 26.1 Å². The van der Waals surface area contributed by atoms with E-state index in [9.17, 15) is 19.7 Å². The molecule has 0 saturated heterocycles. The fourth-order valence-corrected chi connectivity index (χ4v) is 1.85. The van der Waals surface area contributed by atoms with Crippen LogP contribution in [0.1, 0.15) is 28.8 Å². The minimum Gasteiger partial charge on any atom is -0.469 e. The van der Waals surface area contributed by atoms with Crippen LogP contribution in [0.3, 0.4) is 0 Å². The molecule has 114 valence electrons. The van der Waals surface area contributed by atoms with Crippen LogP contribution in [-0.2, 0) is 9.53 Å². The van der Waals surface area contributed by atoms with Gasteiger partial charge in [-0.1, -0.05) is 6.07 Å². The van der Waals surface area contributed by atoms with E-state index in [0.29, 0.717) is 13.0 Å². The Bertz CT molecular complexity index is 556. The van der Waals surface area contributed by atoms with Crippen LogP contribution in [-0.4, -0.2) is 42.4 Å². The Morgan fingerprint density at radius 2 is 2.05 bits per heavy atom. The number of rotatable bonds is 6. The summed E-state index contributed by atoms with van der Waals surface area (Å²) in [6.07, 6.45) is 0.637. The predicted molar refractivity (Wildman–Crippen MR) is 76.0 cm³/mol. The fraction of sp³-hybridized carbons (Fsp3) is 0.429. The van der Waals surface area contributed by atoms with Crippen molar-refractivity contribution in [3.05, 3.63) is 39.4 Å². The molecule has 0 aliphatic rings. The first-order valence-electron chi connectivity index (χ1n) is 6.44. The van der Waals surface area contributed by atoms with Crippen molar-refractivity contribution in [1.29, 1.82) is 0 Å². The molecule has 0 heterocycles. The van der Waals surface area contributed by atoms with Gasteiger partial charge in [0.1, 0.15) is 5.56 Å². The lowest BCUT2D eigenvalue weighted by Crippen LogP contribution is -2.28. The summed E-state index contributed by atoms with van der Waals surface area (Å²) in [5.74, 6) is -0.785. The summed E-state index contributed by atoms with van der Waals surface area (Å²) in [6, 6.07) is 4.41. The van der Waals surface area contributed by atoms with Gasteiger partial charge < -0.3 is 9.64 Å². The number of nitro groups is 1. The van der Waals surface area contributed by atoms with E-state index in [-0.39, 0.29) is 23.6 Å². The molecular formula is C14H18N2O5. The lowest BCUT2D eigenvalue weighted by atomic mass is 10.1. The summed E-state index contributed by atoms with van der Waals surface area (Å²) in [6.45, 7) is 2.08. The molecule has 0 N–H and O–H groups in total. The highest BCUT2D eigenvalue weighted by atomic mass is 16.6. The number of hydrogen-bond acceptors (Lipinski definition) is 5. The molecule has 0 saturated carbocycles. The minimum atomic E-state index is -0.574.